The van der Waals surface area contributed by atoms with E-state index in [1.165, 1.54) is 39.7 Å². The van der Waals surface area contributed by atoms with Gasteiger partial charge in [0.1, 0.15) is 0 Å². The summed E-state index contributed by atoms with van der Waals surface area (Å²) < 4.78 is 0. The molecule has 0 radical (unpaired) electrons. The highest BCUT2D eigenvalue weighted by molar-refractivity contribution is 5.88. The van der Waals surface area contributed by atoms with Gasteiger partial charge in [-0.3, -0.25) is 0 Å². The molecule has 0 atom stereocenters. The molecule has 0 saturated carbocycles. The number of rotatable bonds is 5. The number of H-pyrrole nitrogens is 1. The molecule has 0 spiro atoms. The van der Waals surface area contributed by atoms with E-state index >= 15 is 0 Å². The van der Waals surface area contributed by atoms with Crippen molar-refractivity contribution in [2.75, 3.05) is 13.1 Å². The van der Waals surface area contributed by atoms with Crippen molar-refractivity contribution in [1.29, 1.82) is 0 Å². The molecule has 0 amide bonds. The molecule has 2 rings (SSSR count). The maximum absolute atomic E-state index is 3.53. The number of nitrogens with one attached hydrogen (secondary N) is 2. The Morgan fingerprint density at radius 2 is 1.94 bits per heavy atom. The number of benzene rings is 1. The zero-order chi connectivity index (χ0) is 13.1. The van der Waals surface area contributed by atoms with E-state index in [2.05, 4.69) is 50.1 Å². The third-order valence-corrected chi connectivity index (χ3v) is 3.59. The van der Waals surface area contributed by atoms with Crippen LogP contribution in [0.1, 0.15) is 35.7 Å². The summed E-state index contributed by atoms with van der Waals surface area (Å²) in [5.74, 6) is 0. The van der Waals surface area contributed by atoms with Crippen LogP contribution in [0.3, 0.4) is 0 Å². The van der Waals surface area contributed by atoms with Gasteiger partial charge >= 0.3 is 0 Å². The van der Waals surface area contributed by atoms with Gasteiger partial charge in [0.05, 0.1) is 0 Å². The molecule has 0 aliphatic heterocycles. The van der Waals surface area contributed by atoms with Gasteiger partial charge in [0.15, 0.2) is 0 Å². The van der Waals surface area contributed by atoms with Crippen molar-refractivity contribution in [2.45, 2.75) is 40.5 Å². The predicted molar refractivity (Wildman–Crippen MR) is 79.4 cm³/mol. The molecule has 2 aromatic rings. The normalized spacial score (nSPS) is 11.3. The lowest BCUT2D eigenvalue weighted by Crippen LogP contribution is -2.14. The minimum atomic E-state index is 1.06. The predicted octanol–water partition coefficient (Wildman–Crippen LogP) is 3.64. The zero-order valence-electron chi connectivity index (χ0n) is 12.0. The maximum atomic E-state index is 3.53. The smallest absolute Gasteiger partial charge is 0.0464 e. The third-order valence-electron chi connectivity index (χ3n) is 3.59. The van der Waals surface area contributed by atoms with E-state index in [0.717, 1.165) is 19.5 Å². The first-order valence-electron chi connectivity index (χ1n) is 6.92. The van der Waals surface area contributed by atoms with Crippen LogP contribution in [-0.2, 0) is 6.42 Å². The van der Waals surface area contributed by atoms with Crippen LogP contribution in [0, 0.1) is 20.8 Å². The lowest BCUT2D eigenvalue weighted by Gasteiger charge is -2.05. The number of aromatic nitrogens is 1. The number of aromatic amines is 1. The van der Waals surface area contributed by atoms with E-state index in [1.54, 1.807) is 0 Å². The fourth-order valence-electron chi connectivity index (χ4n) is 2.81. The molecule has 1 heterocycles. The second-order valence-electron chi connectivity index (χ2n) is 5.19. The van der Waals surface area contributed by atoms with Gasteiger partial charge in [-0.05, 0) is 69.5 Å². The first kappa shape index (κ1) is 13.2. The number of aryl methyl sites for hydroxylation is 4. The molecule has 0 fully saturated rings. The molecule has 18 heavy (non-hydrogen) atoms. The molecule has 2 nitrogen and oxygen atoms in total. The Labute approximate surface area is 110 Å². The minimum Gasteiger partial charge on any atom is -0.358 e. The van der Waals surface area contributed by atoms with Crippen LogP contribution in [0.4, 0.5) is 0 Å². The maximum Gasteiger partial charge on any atom is 0.0464 e. The van der Waals surface area contributed by atoms with Crippen LogP contribution >= 0.6 is 0 Å². The first-order chi connectivity index (χ1) is 8.63. The molecular weight excluding hydrogens is 220 g/mol. The largest absolute Gasteiger partial charge is 0.358 e. The summed E-state index contributed by atoms with van der Waals surface area (Å²) in [7, 11) is 0. The fourth-order valence-corrected chi connectivity index (χ4v) is 2.81. The molecule has 0 aliphatic rings. The topological polar surface area (TPSA) is 27.8 Å². The van der Waals surface area contributed by atoms with Crippen molar-refractivity contribution < 1.29 is 0 Å². The summed E-state index contributed by atoms with van der Waals surface area (Å²) in [6, 6.07) is 4.53. The van der Waals surface area contributed by atoms with Gasteiger partial charge in [-0.25, -0.2) is 0 Å². The third kappa shape index (κ3) is 2.59. The molecule has 1 aromatic carbocycles. The Bertz CT molecular complexity index is 538. The lowest BCUT2D eigenvalue weighted by atomic mass is 10.0. The Morgan fingerprint density at radius 1 is 1.17 bits per heavy atom. The SMILES string of the molecule is CCNCCCc1c(C)[nH]c2cc(C)cc(C)c12. The van der Waals surface area contributed by atoms with Crippen molar-refractivity contribution in [3.8, 4) is 0 Å². The van der Waals surface area contributed by atoms with Crippen molar-refractivity contribution in [3.63, 3.8) is 0 Å². The summed E-state index contributed by atoms with van der Waals surface area (Å²) in [5, 5.41) is 4.83. The Balaban J connectivity index is 2.29. The first-order valence-corrected chi connectivity index (χ1v) is 6.92. The Morgan fingerprint density at radius 3 is 2.67 bits per heavy atom. The monoisotopic (exact) mass is 244 g/mol. The van der Waals surface area contributed by atoms with Gasteiger partial charge in [0, 0.05) is 16.6 Å². The van der Waals surface area contributed by atoms with Gasteiger partial charge in [-0.15, -0.1) is 0 Å². The minimum absolute atomic E-state index is 1.06. The van der Waals surface area contributed by atoms with Crippen LogP contribution in [0.15, 0.2) is 12.1 Å². The van der Waals surface area contributed by atoms with E-state index in [0.29, 0.717) is 0 Å². The average Bonchev–Trinajstić information content (AvgIpc) is 2.61. The highest BCUT2D eigenvalue weighted by Gasteiger charge is 2.10. The molecule has 1 aromatic heterocycles. The summed E-state index contributed by atoms with van der Waals surface area (Å²) in [6.07, 6.45) is 2.36. The second kappa shape index (κ2) is 5.57. The number of fused-ring (bicyclic) bond motifs is 1. The Hall–Kier alpha value is -1.28. The van der Waals surface area contributed by atoms with Crippen molar-refractivity contribution in [3.05, 3.63) is 34.5 Å². The van der Waals surface area contributed by atoms with Gasteiger partial charge < -0.3 is 10.3 Å². The number of hydrogen-bond acceptors (Lipinski definition) is 1. The molecule has 0 aliphatic carbocycles. The lowest BCUT2D eigenvalue weighted by molar-refractivity contribution is 0.673. The van der Waals surface area contributed by atoms with Gasteiger partial charge in [-0.2, -0.15) is 0 Å². The van der Waals surface area contributed by atoms with Crippen molar-refractivity contribution in [1.82, 2.24) is 10.3 Å². The standard InChI is InChI=1S/C16H24N2/c1-5-17-8-6-7-14-13(4)18-15-10-11(2)9-12(3)16(14)15/h9-10,17-18H,5-8H2,1-4H3. The molecular formula is C16H24N2. The quantitative estimate of drug-likeness (QED) is 0.772. The second-order valence-corrected chi connectivity index (χ2v) is 5.19. The van der Waals surface area contributed by atoms with E-state index in [9.17, 15) is 0 Å². The van der Waals surface area contributed by atoms with Gasteiger partial charge in [0.25, 0.3) is 0 Å². The molecule has 0 saturated heterocycles. The summed E-state index contributed by atoms with van der Waals surface area (Å²) in [4.78, 5) is 3.53. The van der Waals surface area contributed by atoms with E-state index in [-0.39, 0.29) is 0 Å². The van der Waals surface area contributed by atoms with E-state index in [4.69, 9.17) is 0 Å². The molecule has 98 valence electrons. The summed E-state index contributed by atoms with van der Waals surface area (Å²) >= 11 is 0. The van der Waals surface area contributed by atoms with Gasteiger partial charge in [0.2, 0.25) is 0 Å². The zero-order valence-corrected chi connectivity index (χ0v) is 12.0. The molecule has 2 heteroatoms. The molecule has 0 bridgehead atoms. The van der Waals surface area contributed by atoms with Crippen molar-refractivity contribution >= 4 is 10.9 Å². The van der Waals surface area contributed by atoms with Crippen LogP contribution in [0.25, 0.3) is 10.9 Å². The average molecular weight is 244 g/mol. The fraction of sp³-hybridized carbons (Fsp3) is 0.500. The summed E-state index contributed by atoms with van der Waals surface area (Å²) in [5.41, 5.74) is 6.85. The van der Waals surface area contributed by atoms with Crippen LogP contribution < -0.4 is 5.32 Å². The number of hydrogen-bond donors (Lipinski definition) is 2. The van der Waals surface area contributed by atoms with Crippen LogP contribution in [-0.4, -0.2) is 18.1 Å². The van der Waals surface area contributed by atoms with Crippen LogP contribution in [0.2, 0.25) is 0 Å². The van der Waals surface area contributed by atoms with Crippen molar-refractivity contribution in [2.24, 2.45) is 0 Å². The summed E-state index contributed by atoms with van der Waals surface area (Å²) in [6.45, 7) is 10.9. The highest BCUT2D eigenvalue weighted by Crippen LogP contribution is 2.27. The van der Waals surface area contributed by atoms with E-state index < -0.39 is 0 Å². The Kier molecular flexibility index (Phi) is 4.07. The van der Waals surface area contributed by atoms with Crippen LogP contribution in [0.5, 0.6) is 0 Å². The molecule has 0 unspecified atom stereocenters. The molecule has 2 N–H and O–H groups in total. The highest BCUT2D eigenvalue weighted by atomic mass is 14.8. The van der Waals surface area contributed by atoms with E-state index in [1.807, 2.05) is 0 Å². The van der Waals surface area contributed by atoms with Gasteiger partial charge in [-0.1, -0.05) is 13.0 Å².